The zero-order chi connectivity index (χ0) is 13.1. The molecule has 1 aromatic rings. The van der Waals surface area contributed by atoms with Gasteiger partial charge in [-0.25, -0.2) is 0 Å². The number of nitrogens with zero attached hydrogens (tertiary/aromatic N) is 1. The van der Waals surface area contributed by atoms with Crippen molar-refractivity contribution in [3.63, 3.8) is 0 Å². The summed E-state index contributed by atoms with van der Waals surface area (Å²) in [5.74, 6) is -0.226. The van der Waals surface area contributed by atoms with Crippen LogP contribution in [-0.2, 0) is 4.79 Å². The molecule has 1 heterocycles. The lowest BCUT2D eigenvalue weighted by atomic mass is 10.1. The fourth-order valence-corrected chi connectivity index (χ4v) is 2.04. The molecular formula is C12H14ClN3O2. The maximum Gasteiger partial charge on any atom is 0.256 e. The fraction of sp³-hybridized carbons (Fsp3) is 0.333. The number of hydrogen-bond acceptors (Lipinski definition) is 3. The Morgan fingerprint density at radius 1 is 1.39 bits per heavy atom. The highest BCUT2D eigenvalue weighted by atomic mass is 35.5. The summed E-state index contributed by atoms with van der Waals surface area (Å²) >= 11 is 5.89. The van der Waals surface area contributed by atoms with E-state index in [2.05, 4.69) is 5.32 Å². The molecule has 0 radical (unpaired) electrons. The first-order chi connectivity index (χ1) is 8.59. The van der Waals surface area contributed by atoms with E-state index >= 15 is 0 Å². The lowest BCUT2D eigenvalue weighted by molar-refractivity contribution is -0.120. The average Bonchev–Trinajstić information content (AvgIpc) is 2.57. The fourth-order valence-electron chi connectivity index (χ4n) is 1.86. The number of nitrogens with two attached hydrogens (primary N) is 1. The molecule has 2 rings (SSSR count). The molecule has 0 atom stereocenters. The van der Waals surface area contributed by atoms with Crippen molar-refractivity contribution < 1.29 is 9.59 Å². The van der Waals surface area contributed by atoms with Gasteiger partial charge in [0.15, 0.2) is 0 Å². The van der Waals surface area contributed by atoms with E-state index < -0.39 is 0 Å². The Labute approximate surface area is 110 Å². The minimum atomic E-state index is -0.188. The predicted octanol–water partition coefficient (Wildman–Crippen LogP) is 0.884. The normalized spacial score (nSPS) is 16.1. The first-order valence-corrected chi connectivity index (χ1v) is 6.07. The van der Waals surface area contributed by atoms with Gasteiger partial charge >= 0.3 is 0 Å². The summed E-state index contributed by atoms with van der Waals surface area (Å²) in [4.78, 5) is 25.1. The van der Waals surface area contributed by atoms with Crippen molar-refractivity contribution in [1.29, 1.82) is 0 Å². The summed E-state index contributed by atoms with van der Waals surface area (Å²) in [5.41, 5.74) is 6.47. The summed E-state index contributed by atoms with van der Waals surface area (Å²) in [5, 5.41) is 3.08. The SMILES string of the molecule is Nc1c(Cl)cccc1C(=O)N1CCNC(=O)CC1. The molecule has 1 aromatic carbocycles. The second-order valence-electron chi connectivity index (χ2n) is 4.09. The van der Waals surface area contributed by atoms with E-state index in [1.807, 2.05) is 0 Å². The minimum Gasteiger partial charge on any atom is -0.397 e. The Kier molecular flexibility index (Phi) is 3.72. The Bertz CT molecular complexity index is 490. The second-order valence-corrected chi connectivity index (χ2v) is 4.50. The number of para-hydroxylation sites is 1. The number of hydrogen-bond donors (Lipinski definition) is 2. The Morgan fingerprint density at radius 2 is 2.17 bits per heavy atom. The summed E-state index contributed by atoms with van der Waals surface area (Å²) in [7, 11) is 0. The summed E-state index contributed by atoms with van der Waals surface area (Å²) in [6.07, 6.45) is 0.312. The summed E-state index contributed by atoms with van der Waals surface area (Å²) < 4.78 is 0. The average molecular weight is 268 g/mol. The van der Waals surface area contributed by atoms with E-state index in [9.17, 15) is 9.59 Å². The molecular weight excluding hydrogens is 254 g/mol. The first-order valence-electron chi connectivity index (χ1n) is 5.69. The van der Waals surface area contributed by atoms with Crippen LogP contribution in [0.5, 0.6) is 0 Å². The van der Waals surface area contributed by atoms with Gasteiger partial charge in [-0.05, 0) is 12.1 Å². The quantitative estimate of drug-likeness (QED) is 0.742. The molecule has 0 aliphatic carbocycles. The highest BCUT2D eigenvalue weighted by Gasteiger charge is 2.21. The first kappa shape index (κ1) is 12.7. The van der Waals surface area contributed by atoms with Gasteiger partial charge in [0.05, 0.1) is 16.3 Å². The molecule has 0 unspecified atom stereocenters. The molecule has 0 spiro atoms. The molecule has 0 bridgehead atoms. The highest BCUT2D eigenvalue weighted by Crippen LogP contribution is 2.23. The Hall–Kier alpha value is -1.75. The van der Waals surface area contributed by atoms with Crippen LogP contribution in [-0.4, -0.2) is 36.3 Å². The number of anilines is 1. The van der Waals surface area contributed by atoms with E-state index in [0.717, 1.165) is 0 Å². The number of carbonyl (C=O) groups excluding carboxylic acids is 2. The maximum atomic E-state index is 12.3. The molecule has 1 aliphatic heterocycles. The molecule has 1 fully saturated rings. The Balaban J connectivity index is 2.20. The zero-order valence-corrected chi connectivity index (χ0v) is 10.5. The monoisotopic (exact) mass is 267 g/mol. The van der Waals surface area contributed by atoms with Gasteiger partial charge in [-0.15, -0.1) is 0 Å². The van der Waals surface area contributed by atoms with Gasteiger partial charge in [0.2, 0.25) is 5.91 Å². The van der Waals surface area contributed by atoms with Crippen molar-refractivity contribution in [2.75, 3.05) is 25.4 Å². The minimum absolute atomic E-state index is 0.0376. The van der Waals surface area contributed by atoms with Crippen LogP contribution in [0.25, 0.3) is 0 Å². The molecule has 96 valence electrons. The predicted molar refractivity (Wildman–Crippen MR) is 69.4 cm³/mol. The van der Waals surface area contributed by atoms with Crippen LogP contribution in [0.1, 0.15) is 16.8 Å². The Morgan fingerprint density at radius 3 is 2.94 bits per heavy atom. The summed E-state index contributed by atoms with van der Waals surface area (Å²) in [6.45, 7) is 1.35. The molecule has 0 saturated carbocycles. The number of rotatable bonds is 1. The highest BCUT2D eigenvalue weighted by molar-refractivity contribution is 6.33. The number of halogens is 1. The van der Waals surface area contributed by atoms with Crippen molar-refractivity contribution in [2.45, 2.75) is 6.42 Å². The van der Waals surface area contributed by atoms with Crippen molar-refractivity contribution in [3.8, 4) is 0 Å². The van der Waals surface area contributed by atoms with Crippen LogP contribution in [0.4, 0.5) is 5.69 Å². The van der Waals surface area contributed by atoms with E-state index in [4.69, 9.17) is 17.3 Å². The standard InChI is InChI=1S/C12H14ClN3O2/c13-9-3-1-2-8(11(9)14)12(18)16-6-4-10(17)15-5-7-16/h1-3H,4-7,14H2,(H,15,17). The van der Waals surface area contributed by atoms with Crippen molar-refractivity contribution in [2.24, 2.45) is 0 Å². The van der Waals surface area contributed by atoms with E-state index in [-0.39, 0.29) is 17.5 Å². The van der Waals surface area contributed by atoms with Gasteiger partial charge < -0.3 is 16.0 Å². The topological polar surface area (TPSA) is 75.4 Å². The molecule has 0 aromatic heterocycles. The van der Waals surface area contributed by atoms with Gasteiger partial charge in [-0.2, -0.15) is 0 Å². The number of carbonyl (C=O) groups is 2. The molecule has 18 heavy (non-hydrogen) atoms. The van der Waals surface area contributed by atoms with Gasteiger partial charge in [0, 0.05) is 26.1 Å². The van der Waals surface area contributed by atoms with Crippen molar-refractivity contribution in [3.05, 3.63) is 28.8 Å². The van der Waals surface area contributed by atoms with Crippen LogP contribution in [0.3, 0.4) is 0 Å². The molecule has 1 saturated heterocycles. The second kappa shape index (κ2) is 5.27. The van der Waals surface area contributed by atoms with Gasteiger partial charge in [0.25, 0.3) is 5.91 Å². The van der Waals surface area contributed by atoms with Crippen LogP contribution in [0.15, 0.2) is 18.2 Å². The lowest BCUT2D eigenvalue weighted by Crippen LogP contribution is -2.34. The van der Waals surface area contributed by atoms with Crippen LogP contribution < -0.4 is 11.1 Å². The van der Waals surface area contributed by atoms with E-state index in [0.29, 0.717) is 36.6 Å². The zero-order valence-electron chi connectivity index (χ0n) is 9.78. The van der Waals surface area contributed by atoms with E-state index in [1.165, 1.54) is 0 Å². The molecule has 5 nitrogen and oxygen atoms in total. The largest absolute Gasteiger partial charge is 0.397 e. The van der Waals surface area contributed by atoms with Gasteiger partial charge in [-0.1, -0.05) is 17.7 Å². The molecule has 2 amide bonds. The summed E-state index contributed by atoms with van der Waals surface area (Å²) in [6, 6.07) is 4.97. The molecule has 3 N–H and O–H groups in total. The number of benzene rings is 1. The van der Waals surface area contributed by atoms with Crippen molar-refractivity contribution >= 4 is 29.1 Å². The maximum absolute atomic E-state index is 12.3. The van der Waals surface area contributed by atoms with Gasteiger partial charge in [-0.3, -0.25) is 9.59 Å². The van der Waals surface area contributed by atoms with Crippen LogP contribution >= 0.6 is 11.6 Å². The van der Waals surface area contributed by atoms with Crippen LogP contribution in [0.2, 0.25) is 5.02 Å². The van der Waals surface area contributed by atoms with E-state index in [1.54, 1.807) is 23.1 Å². The molecule has 1 aliphatic rings. The third-order valence-electron chi connectivity index (χ3n) is 2.88. The number of nitrogen functional groups attached to an aromatic ring is 1. The number of nitrogens with one attached hydrogen (secondary N) is 1. The third-order valence-corrected chi connectivity index (χ3v) is 3.21. The molecule has 6 heteroatoms. The van der Waals surface area contributed by atoms with Gasteiger partial charge in [0.1, 0.15) is 0 Å². The number of amides is 2. The smallest absolute Gasteiger partial charge is 0.256 e. The lowest BCUT2D eigenvalue weighted by Gasteiger charge is -2.20. The third kappa shape index (κ3) is 2.56. The van der Waals surface area contributed by atoms with Crippen molar-refractivity contribution in [1.82, 2.24) is 10.2 Å². The van der Waals surface area contributed by atoms with Crippen LogP contribution in [0, 0.1) is 0 Å².